The van der Waals surface area contributed by atoms with Gasteiger partial charge in [-0.2, -0.15) is 0 Å². The molecule has 2 bridgehead atoms. The van der Waals surface area contributed by atoms with Crippen LogP contribution in [-0.2, 0) is 5.41 Å². The van der Waals surface area contributed by atoms with Crippen molar-refractivity contribution in [1.29, 1.82) is 0 Å². The Balaban J connectivity index is 1.19. The number of piperidine rings is 1. The SMILES string of the molecule is Nc1ncc(-c2ccc([C@@]34C[C@@H]3CN(CCF)C4)cc2)cc1C(=O)NC12CCC(O)(CC1)CC2. The van der Waals surface area contributed by atoms with E-state index in [2.05, 4.69) is 39.5 Å². The molecular formula is C27H33FN4O2. The van der Waals surface area contributed by atoms with E-state index >= 15 is 0 Å². The zero-order valence-electron chi connectivity index (χ0n) is 19.5. The molecule has 2 aromatic rings. The molecule has 1 amide bonds. The molecule has 1 aromatic heterocycles. The lowest BCUT2D eigenvalue weighted by atomic mass is 9.63. The smallest absolute Gasteiger partial charge is 0.255 e. The van der Waals surface area contributed by atoms with Crippen LogP contribution in [0.2, 0.25) is 0 Å². The van der Waals surface area contributed by atoms with Crippen molar-refractivity contribution in [2.75, 3.05) is 32.0 Å². The van der Waals surface area contributed by atoms with E-state index < -0.39 is 5.60 Å². The molecule has 2 heterocycles. The molecule has 0 unspecified atom stereocenters. The maximum Gasteiger partial charge on any atom is 0.255 e. The standard InChI is InChI=1S/C27H33FN4O2/c28-11-12-32-16-21-14-27(21,17-32)20-3-1-18(2-4-20)19-13-22(23(29)30-15-19)24(33)31-25-5-8-26(34,9-6-25)10-7-25/h1-4,13,15,21,34H,5-12,14,16-17H2,(H2,29,30)(H,31,33)/t21-,25?,26?,27+/m1/s1. The number of nitrogens with zero attached hydrogens (tertiary/aromatic N) is 2. The molecule has 0 spiro atoms. The van der Waals surface area contributed by atoms with Crippen LogP contribution in [0, 0.1) is 5.92 Å². The minimum atomic E-state index is -0.538. The number of hydrogen-bond acceptors (Lipinski definition) is 5. The number of aromatic nitrogens is 1. The minimum absolute atomic E-state index is 0.184. The van der Waals surface area contributed by atoms with Crippen LogP contribution in [-0.4, -0.2) is 58.3 Å². The normalized spacial score (nSPS) is 34.1. The Kier molecular flexibility index (Phi) is 5.01. The molecule has 6 nitrogen and oxygen atoms in total. The van der Waals surface area contributed by atoms with Gasteiger partial charge in [0.05, 0.1) is 11.2 Å². The summed E-state index contributed by atoms with van der Waals surface area (Å²) in [6, 6.07) is 10.4. The molecule has 1 saturated heterocycles. The fraction of sp³-hybridized carbons (Fsp3) is 0.556. The Morgan fingerprint density at radius 1 is 1.15 bits per heavy atom. The van der Waals surface area contributed by atoms with E-state index in [9.17, 15) is 14.3 Å². The molecule has 7 heteroatoms. The van der Waals surface area contributed by atoms with Crippen molar-refractivity contribution in [2.45, 2.75) is 61.5 Å². The summed E-state index contributed by atoms with van der Waals surface area (Å²) < 4.78 is 12.8. The van der Waals surface area contributed by atoms with Crippen molar-refractivity contribution in [3.63, 3.8) is 0 Å². The molecule has 2 atom stereocenters. The van der Waals surface area contributed by atoms with Crippen LogP contribution in [0.25, 0.3) is 11.1 Å². The lowest BCUT2D eigenvalue weighted by Crippen LogP contribution is -2.58. The van der Waals surface area contributed by atoms with E-state index in [4.69, 9.17) is 5.73 Å². The van der Waals surface area contributed by atoms with Crippen molar-refractivity contribution in [3.8, 4) is 11.1 Å². The van der Waals surface area contributed by atoms with Gasteiger partial charge in [0.1, 0.15) is 12.5 Å². The molecule has 7 rings (SSSR count). The zero-order chi connectivity index (χ0) is 23.6. The van der Waals surface area contributed by atoms with Crippen LogP contribution in [0.1, 0.15) is 60.9 Å². The second kappa shape index (κ2) is 7.75. The van der Waals surface area contributed by atoms with Crippen molar-refractivity contribution >= 4 is 11.7 Å². The summed E-state index contributed by atoms with van der Waals surface area (Å²) in [6.07, 6.45) is 7.52. The third-order valence-electron chi connectivity index (χ3n) is 9.16. The molecule has 5 fully saturated rings. The first kappa shape index (κ1) is 22.0. The Labute approximate surface area is 199 Å². The summed E-state index contributed by atoms with van der Waals surface area (Å²) in [5.74, 6) is 0.679. The first-order valence-electron chi connectivity index (χ1n) is 12.5. The highest BCUT2D eigenvalue weighted by molar-refractivity contribution is 5.99. The van der Waals surface area contributed by atoms with Gasteiger partial charge in [-0.05, 0) is 68.1 Å². The highest BCUT2D eigenvalue weighted by atomic mass is 19.1. The van der Waals surface area contributed by atoms with Crippen molar-refractivity contribution < 1.29 is 14.3 Å². The average Bonchev–Trinajstić information content (AvgIpc) is 3.42. The van der Waals surface area contributed by atoms with Crippen LogP contribution in [0.3, 0.4) is 0 Å². The molecule has 1 aromatic carbocycles. The van der Waals surface area contributed by atoms with Gasteiger partial charge in [-0.25, -0.2) is 9.37 Å². The number of rotatable bonds is 6. The Bertz CT molecular complexity index is 1100. The number of aliphatic hydroxyl groups is 1. The zero-order valence-corrected chi connectivity index (χ0v) is 19.5. The van der Waals surface area contributed by atoms with Crippen molar-refractivity contribution in [2.24, 2.45) is 5.92 Å². The van der Waals surface area contributed by atoms with E-state index in [-0.39, 0.29) is 29.4 Å². The summed E-state index contributed by atoms with van der Waals surface area (Å²) in [6.45, 7) is 2.17. The van der Waals surface area contributed by atoms with Gasteiger partial charge in [-0.3, -0.25) is 9.69 Å². The number of alkyl halides is 1. The lowest BCUT2D eigenvalue weighted by Gasteiger charge is -2.51. The third kappa shape index (κ3) is 3.60. The monoisotopic (exact) mass is 464 g/mol. The molecule has 4 saturated carbocycles. The second-order valence-electron chi connectivity index (χ2n) is 11.2. The number of amides is 1. The summed E-state index contributed by atoms with van der Waals surface area (Å²) >= 11 is 0. The van der Waals surface area contributed by atoms with Crippen LogP contribution in [0.4, 0.5) is 10.2 Å². The number of likely N-dealkylation sites (tertiary alicyclic amines) is 1. The molecule has 34 heavy (non-hydrogen) atoms. The van der Waals surface area contributed by atoms with Crippen molar-refractivity contribution in [1.82, 2.24) is 15.2 Å². The number of pyridine rings is 1. The summed E-state index contributed by atoms with van der Waals surface area (Å²) in [5, 5.41) is 13.7. The highest BCUT2D eigenvalue weighted by Crippen LogP contribution is 2.59. The fourth-order valence-electron chi connectivity index (χ4n) is 6.79. The van der Waals surface area contributed by atoms with Gasteiger partial charge in [0.25, 0.3) is 5.91 Å². The number of nitrogens with two attached hydrogens (primary N) is 1. The lowest BCUT2D eigenvalue weighted by molar-refractivity contribution is -0.0702. The van der Waals surface area contributed by atoms with Crippen LogP contribution in [0.5, 0.6) is 0 Å². The van der Waals surface area contributed by atoms with Gasteiger partial charge in [0, 0.05) is 42.3 Å². The van der Waals surface area contributed by atoms with Crippen LogP contribution < -0.4 is 11.1 Å². The molecule has 5 aliphatic rings. The first-order chi connectivity index (χ1) is 16.3. The number of nitrogen functional groups attached to an aromatic ring is 1. The van der Waals surface area contributed by atoms with Gasteiger partial charge < -0.3 is 16.2 Å². The van der Waals surface area contributed by atoms with Gasteiger partial charge in [-0.1, -0.05) is 24.3 Å². The molecular weight excluding hydrogens is 431 g/mol. The number of nitrogens with one attached hydrogen (secondary N) is 1. The summed E-state index contributed by atoms with van der Waals surface area (Å²) in [5.41, 5.74) is 9.09. The largest absolute Gasteiger partial charge is 0.390 e. The Morgan fingerprint density at radius 2 is 1.85 bits per heavy atom. The Hall–Kier alpha value is -2.51. The first-order valence-corrected chi connectivity index (χ1v) is 12.5. The van der Waals surface area contributed by atoms with Gasteiger partial charge in [0.15, 0.2) is 0 Å². The van der Waals surface area contributed by atoms with Gasteiger partial charge >= 0.3 is 0 Å². The molecule has 4 N–H and O–H groups in total. The van der Waals surface area contributed by atoms with E-state index in [1.807, 2.05) is 6.07 Å². The molecule has 180 valence electrons. The summed E-state index contributed by atoms with van der Waals surface area (Å²) in [4.78, 5) is 19.8. The van der Waals surface area contributed by atoms with E-state index in [0.29, 0.717) is 18.0 Å². The van der Waals surface area contributed by atoms with Gasteiger partial charge in [-0.15, -0.1) is 0 Å². The number of carbonyl (C=O) groups excluding carboxylic acids is 1. The van der Waals surface area contributed by atoms with Crippen LogP contribution in [0.15, 0.2) is 36.5 Å². The maximum absolute atomic E-state index is 13.2. The quantitative estimate of drug-likeness (QED) is 0.609. The third-order valence-corrected chi connectivity index (χ3v) is 9.16. The highest BCUT2D eigenvalue weighted by Gasteiger charge is 2.60. The number of halogens is 1. The van der Waals surface area contributed by atoms with E-state index in [0.717, 1.165) is 62.7 Å². The average molecular weight is 465 g/mol. The predicted octanol–water partition coefficient (Wildman–Crippen LogP) is 3.44. The van der Waals surface area contributed by atoms with E-state index in [1.165, 1.54) is 12.0 Å². The predicted molar refractivity (Wildman–Crippen MR) is 129 cm³/mol. The number of anilines is 1. The van der Waals surface area contributed by atoms with E-state index in [1.54, 1.807) is 6.20 Å². The topological polar surface area (TPSA) is 91.5 Å². The molecule has 1 aliphatic heterocycles. The Morgan fingerprint density at radius 3 is 2.53 bits per heavy atom. The summed E-state index contributed by atoms with van der Waals surface area (Å²) in [7, 11) is 0. The minimum Gasteiger partial charge on any atom is -0.390 e. The van der Waals surface area contributed by atoms with Crippen molar-refractivity contribution in [3.05, 3.63) is 47.7 Å². The number of fused-ring (bicyclic) bond motifs is 4. The number of carbonyl (C=O) groups is 1. The fourth-order valence-corrected chi connectivity index (χ4v) is 6.79. The van der Waals surface area contributed by atoms with Crippen LogP contribution >= 0.6 is 0 Å². The number of hydrogen-bond donors (Lipinski definition) is 3. The second-order valence-corrected chi connectivity index (χ2v) is 11.2. The number of benzene rings is 1. The molecule has 4 aliphatic carbocycles. The van der Waals surface area contributed by atoms with Gasteiger partial charge in [0.2, 0.25) is 0 Å². The maximum atomic E-state index is 13.2. The molecule has 0 radical (unpaired) electrons.